The first-order valence-corrected chi connectivity index (χ1v) is 18.8. The molecule has 4 aromatic rings. The second kappa shape index (κ2) is 18.7. The molecule has 0 aliphatic rings. The van der Waals surface area contributed by atoms with Crippen LogP contribution in [0.2, 0.25) is 0 Å². The van der Waals surface area contributed by atoms with Crippen LogP contribution in [0.25, 0.3) is 21.5 Å². The van der Waals surface area contributed by atoms with E-state index in [1.807, 2.05) is 24.3 Å². The van der Waals surface area contributed by atoms with Crippen LogP contribution in [0.4, 0.5) is 0 Å². The quantitative estimate of drug-likeness (QED) is 0.0976. The maximum atomic E-state index is 11.9. The smallest absolute Gasteiger partial charge is 0.744 e. The summed E-state index contributed by atoms with van der Waals surface area (Å²) in [6, 6.07) is 18.7. The Bertz CT molecular complexity index is 1630. The van der Waals surface area contributed by atoms with Crippen LogP contribution in [-0.4, -0.2) is 63.7 Å². The Hall–Kier alpha value is -1.52. The zero-order chi connectivity index (χ0) is 32.3. The molecule has 240 valence electrons. The van der Waals surface area contributed by atoms with Crippen LogP contribution >= 0.6 is 0 Å². The fourth-order valence-electron chi connectivity index (χ4n) is 5.83. The second-order valence-corrected chi connectivity index (χ2v) is 14.1. The Balaban J connectivity index is 0.000000307. The van der Waals surface area contributed by atoms with E-state index in [1.165, 1.54) is 0 Å². The summed E-state index contributed by atoms with van der Waals surface area (Å²) >= 11 is 0. The van der Waals surface area contributed by atoms with Gasteiger partial charge in [0.05, 0.1) is 9.79 Å². The predicted octanol–water partition coefficient (Wildman–Crippen LogP) is 8.48. The van der Waals surface area contributed by atoms with Gasteiger partial charge in [0.2, 0.25) is 0 Å². The summed E-state index contributed by atoms with van der Waals surface area (Å²) in [6.45, 7) is 8.35. The molecule has 0 aliphatic heterocycles. The van der Waals surface area contributed by atoms with Crippen molar-refractivity contribution in [1.29, 1.82) is 0 Å². The number of benzene rings is 4. The van der Waals surface area contributed by atoms with Crippen LogP contribution in [-0.2, 0) is 45.9 Å². The molecular formula is C36H46CaO6S2. The summed E-state index contributed by atoms with van der Waals surface area (Å²) in [5.74, 6) is 0. The Kier molecular flexibility index (Phi) is 16.5. The van der Waals surface area contributed by atoms with Gasteiger partial charge in [0.15, 0.2) is 0 Å². The van der Waals surface area contributed by atoms with Crippen molar-refractivity contribution in [2.45, 2.75) is 115 Å². The molecule has 0 N–H and O–H groups in total. The summed E-state index contributed by atoms with van der Waals surface area (Å²) in [4.78, 5) is 0.00954. The first kappa shape index (κ1) is 39.7. The molecule has 6 nitrogen and oxygen atoms in total. The Labute approximate surface area is 300 Å². The van der Waals surface area contributed by atoms with Crippen molar-refractivity contribution in [3.8, 4) is 0 Å². The minimum absolute atomic E-state index is 0. The third-order valence-corrected chi connectivity index (χ3v) is 9.99. The van der Waals surface area contributed by atoms with Crippen LogP contribution in [0, 0.1) is 0 Å². The molecule has 0 amide bonds. The van der Waals surface area contributed by atoms with Gasteiger partial charge in [0.25, 0.3) is 0 Å². The van der Waals surface area contributed by atoms with Crippen LogP contribution in [0.5, 0.6) is 0 Å². The molecule has 0 atom stereocenters. The third kappa shape index (κ3) is 10.7. The minimum Gasteiger partial charge on any atom is -0.744 e. The molecule has 0 fully saturated rings. The number of rotatable bonds is 14. The van der Waals surface area contributed by atoms with E-state index in [-0.39, 0.29) is 47.5 Å². The fourth-order valence-corrected chi connectivity index (χ4v) is 7.81. The van der Waals surface area contributed by atoms with Gasteiger partial charge in [-0.3, -0.25) is 0 Å². The number of fused-ring (bicyclic) bond motifs is 2. The molecule has 0 bridgehead atoms. The molecule has 0 aromatic heterocycles. The van der Waals surface area contributed by atoms with E-state index < -0.39 is 20.2 Å². The molecule has 45 heavy (non-hydrogen) atoms. The molecule has 0 saturated carbocycles. The number of hydrogen-bond donors (Lipinski definition) is 0. The van der Waals surface area contributed by atoms with E-state index in [0.29, 0.717) is 23.6 Å². The largest absolute Gasteiger partial charge is 2.00 e. The molecule has 0 radical (unpaired) electrons. The zero-order valence-electron chi connectivity index (χ0n) is 27.2. The summed E-state index contributed by atoms with van der Waals surface area (Å²) in [5.41, 5.74) is 3.51. The van der Waals surface area contributed by atoms with Crippen molar-refractivity contribution in [3.05, 3.63) is 82.9 Å². The maximum absolute atomic E-state index is 11.9. The van der Waals surface area contributed by atoms with E-state index >= 15 is 0 Å². The molecule has 0 saturated heterocycles. The van der Waals surface area contributed by atoms with E-state index in [2.05, 4.69) is 39.8 Å². The molecular weight excluding hydrogens is 633 g/mol. The number of hydrogen-bond acceptors (Lipinski definition) is 6. The molecule has 4 rings (SSSR count). The predicted molar refractivity (Wildman–Crippen MR) is 184 cm³/mol. The standard InChI is InChI=1S/2C18H24O3S.Ca/c2*1-3-5-9-14-13-15-10-7-8-12-17(15)18(22(19,20)21)16(14)11-6-4-2;/h2*7-8,10,12-13H,3-6,9,11H2,1-2H3,(H,19,20,21);/q;;+2/p-2. The molecule has 4 aromatic carbocycles. The van der Waals surface area contributed by atoms with Crippen LogP contribution in [0.3, 0.4) is 0 Å². The van der Waals surface area contributed by atoms with E-state index in [1.54, 1.807) is 24.3 Å². The minimum atomic E-state index is -4.49. The van der Waals surface area contributed by atoms with Gasteiger partial charge in [-0.2, -0.15) is 0 Å². The summed E-state index contributed by atoms with van der Waals surface area (Å²) in [7, 11) is -8.98. The van der Waals surface area contributed by atoms with Crippen molar-refractivity contribution < 1.29 is 25.9 Å². The van der Waals surface area contributed by atoms with Crippen molar-refractivity contribution in [2.24, 2.45) is 0 Å². The van der Waals surface area contributed by atoms with Gasteiger partial charge in [-0.05, 0) is 95.2 Å². The maximum Gasteiger partial charge on any atom is 2.00 e. The normalized spacial score (nSPS) is 11.7. The molecule has 0 unspecified atom stereocenters. The fraction of sp³-hybridized carbons (Fsp3) is 0.444. The summed E-state index contributed by atoms with van der Waals surface area (Å²) < 4.78 is 71.4. The zero-order valence-corrected chi connectivity index (χ0v) is 31.1. The third-order valence-electron chi connectivity index (χ3n) is 8.05. The van der Waals surface area contributed by atoms with Gasteiger partial charge < -0.3 is 9.11 Å². The van der Waals surface area contributed by atoms with Gasteiger partial charge in [-0.15, -0.1) is 0 Å². The summed E-state index contributed by atoms with van der Waals surface area (Å²) in [5, 5.41) is 2.79. The van der Waals surface area contributed by atoms with E-state index in [4.69, 9.17) is 0 Å². The van der Waals surface area contributed by atoms with Gasteiger partial charge in [0.1, 0.15) is 20.2 Å². The van der Waals surface area contributed by atoms with Crippen LogP contribution < -0.4 is 0 Å². The van der Waals surface area contributed by atoms with Crippen molar-refractivity contribution in [1.82, 2.24) is 0 Å². The van der Waals surface area contributed by atoms with Gasteiger partial charge in [-0.25, -0.2) is 16.8 Å². The van der Waals surface area contributed by atoms with Crippen LogP contribution in [0.1, 0.15) is 101 Å². The first-order chi connectivity index (χ1) is 21.0. The van der Waals surface area contributed by atoms with Gasteiger partial charge >= 0.3 is 37.7 Å². The molecule has 0 spiro atoms. The molecule has 0 aliphatic carbocycles. The monoisotopic (exact) mass is 678 g/mol. The first-order valence-electron chi connectivity index (χ1n) is 16.0. The average Bonchev–Trinajstić information content (AvgIpc) is 2.98. The number of unbranched alkanes of at least 4 members (excludes halogenated alkanes) is 4. The second-order valence-electron chi connectivity index (χ2n) is 11.5. The van der Waals surface area contributed by atoms with Crippen molar-refractivity contribution >= 4 is 79.5 Å². The Morgan fingerprint density at radius 2 is 0.822 bits per heavy atom. The number of aryl methyl sites for hydroxylation is 2. The summed E-state index contributed by atoms with van der Waals surface area (Å²) in [6.07, 6.45) is 10.7. The van der Waals surface area contributed by atoms with E-state index in [9.17, 15) is 25.9 Å². The SMILES string of the molecule is CCCCc1cc2ccccc2c(S(=O)(=O)[O-])c1CCCC.CCCCc1cc2ccccc2c(S(=O)(=O)[O-])c1CCCC.[Ca+2]. The molecule has 0 heterocycles. The van der Waals surface area contributed by atoms with Crippen LogP contribution in [0.15, 0.2) is 70.5 Å². The average molecular weight is 679 g/mol. The Morgan fingerprint density at radius 1 is 0.511 bits per heavy atom. The van der Waals surface area contributed by atoms with Crippen molar-refractivity contribution in [2.75, 3.05) is 0 Å². The van der Waals surface area contributed by atoms with E-state index in [0.717, 1.165) is 97.2 Å². The van der Waals surface area contributed by atoms with Crippen molar-refractivity contribution in [3.63, 3.8) is 0 Å². The van der Waals surface area contributed by atoms with Gasteiger partial charge in [-0.1, -0.05) is 114 Å². The Morgan fingerprint density at radius 3 is 1.13 bits per heavy atom. The molecule has 9 heteroatoms. The van der Waals surface area contributed by atoms with Gasteiger partial charge in [0, 0.05) is 0 Å². The topological polar surface area (TPSA) is 114 Å².